The van der Waals surface area contributed by atoms with Crippen LogP contribution in [-0.4, -0.2) is 39.8 Å². The van der Waals surface area contributed by atoms with Gasteiger partial charge in [-0.25, -0.2) is 13.1 Å². The highest BCUT2D eigenvalue weighted by Gasteiger charge is 2.26. The van der Waals surface area contributed by atoms with Gasteiger partial charge in [0.2, 0.25) is 10.0 Å². The minimum atomic E-state index is -3.48. The number of hydrogen-bond acceptors (Lipinski definition) is 5. The molecule has 0 aromatic heterocycles. The van der Waals surface area contributed by atoms with E-state index in [0.29, 0.717) is 5.69 Å². The highest BCUT2D eigenvalue weighted by atomic mass is 32.2. The molecular formula is C12H19N3O3S. The molecule has 1 fully saturated rings. The lowest BCUT2D eigenvalue weighted by Crippen LogP contribution is -2.32. The maximum atomic E-state index is 11.7. The number of aliphatic hydroxyl groups excluding tert-OH is 1. The van der Waals surface area contributed by atoms with Crippen LogP contribution in [0, 0.1) is 0 Å². The van der Waals surface area contributed by atoms with Gasteiger partial charge in [0.15, 0.2) is 0 Å². The average molecular weight is 285 g/mol. The number of anilines is 2. The highest BCUT2D eigenvalue weighted by Crippen LogP contribution is 2.31. The summed E-state index contributed by atoms with van der Waals surface area (Å²) in [6.45, 7) is 0.906. The number of nitrogen functional groups attached to an aromatic ring is 1. The smallest absolute Gasteiger partial charge is 0.240 e. The minimum absolute atomic E-state index is 0.0639. The Labute approximate surface area is 113 Å². The molecule has 0 aliphatic carbocycles. The van der Waals surface area contributed by atoms with Crippen molar-refractivity contribution >= 4 is 21.4 Å². The molecule has 0 spiro atoms. The summed E-state index contributed by atoms with van der Waals surface area (Å²) >= 11 is 0. The maximum Gasteiger partial charge on any atom is 0.240 e. The first kappa shape index (κ1) is 14.1. The number of nitrogens with two attached hydrogens (primary N) is 1. The molecule has 1 heterocycles. The second kappa shape index (κ2) is 5.36. The molecule has 0 saturated carbocycles. The van der Waals surface area contributed by atoms with E-state index in [1.165, 1.54) is 19.2 Å². The second-order valence-electron chi connectivity index (χ2n) is 4.60. The van der Waals surface area contributed by atoms with Crippen LogP contribution < -0.4 is 15.4 Å². The van der Waals surface area contributed by atoms with E-state index in [1.807, 2.05) is 4.90 Å². The Kier molecular flexibility index (Phi) is 3.98. The van der Waals surface area contributed by atoms with Crippen LogP contribution in [0.3, 0.4) is 0 Å². The van der Waals surface area contributed by atoms with Crippen molar-refractivity contribution in [2.75, 3.05) is 30.8 Å². The zero-order valence-corrected chi connectivity index (χ0v) is 11.7. The number of benzene rings is 1. The molecule has 4 N–H and O–H groups in total. The van der Waals surface area contributed by atoms with Gasteiger partial charge in [-0.15, -0.1) is 0 Å². The van der Waals surface area contributed by atoms with Gasteiger partial charge in [-0.3, -0.25) is 0 Å². The number of hydrogen-bond donors (Lipinski definition) is 3. The van der Waals surface area contributed by atoms with E-state index < -0.39 is 10.0 Å². The first-order valence-corrected chi connectivity index (χ1v) is 7.68. The predicted octanol–water partition coefficient (Wildman–Crippen LogP) is 0.138. The Morgan fingerprint density at radius 1 is 1.53 bits per heavy atom. The first-order chi connectivity index (χ1) is 8.99. The second-order valence-corrected chi connectivity index (χ2v) is 6.49. The topological polar surface area (TPSA) is 95.7 Å². The number of nitrogens with one attached hydrogen (secondary N) is 1. The molecule has 6 nitrogen and oxygen atoms in total. The fourth-order valence-corrected chi connectivity index (χ4v) is 3.19. The number of aliphatic hydroxyl groups is 1. The summed E-state index contributed by atoms with van der Waals surface area (Å²) in [5.74, 6) is 0. The molecule has 1 unspecified atom stereocenters. The minimum Gasteiger partial charge on any atom is -0.397 e. The third-order valence-corrected chi connectivity index (χ3v) is 4.89. The van der Waals surface area contributed by atoms with E-state index in [4.69, 9.17) is 5.73 Å². The van der Waals surface area contributed by atoms with Gasteiger partial charge in [0, 0.05) is 6.54 Å². The molecule has 1 atom stereocenters. The van der Waals surface area contributed by atoms with Crippen molar-refractivity contribution in [3.8, 4) is 0 Å². The van der Waals surface area contributed by atoms with E-state index >= 15 is 0 Å². The van der Waals surface area contributed by atoms with Gasteiger partial charge in [-0.05, 0) is 38.1 Å². The summed E-state index contributed by atoms with van der Waals surface area (Å²) in [6.07, 6.45) is 1.92. The maximum absolute atomic E-state index is 11.7. The summed E-state index contributed by atoms with van der Waals surface area (Å²) in [5.41, 5.74) is 7.15. The summed E-state index contributed by atoms with van der Waals surface area (Å²) in [5, 5.41) is 9.32. The molecule has 1 aromatic carbocycles. The van der Waals surface area contributed by atoms with Crippen molar-refractivity contribution in [2.24, 2.45) is 0 Å². The van der Waals surface area contributed by atoms with Crippen LogP contribution >= 0.6 is 0 Å². The molecule has 1 saturated heterocycles. The zero-order valence-electron chi connectivity index (χ0n) is 10.8. The van der Waals surface area contributed by atoms with E-state index in [-0.39, 0.29) is 17.5 Å². The molecule has 0 radical (unpaired) electrons. The van der Waals surface area contributed by atoms with Gasteiger partial charge in [-0.1, -0.05) is 0 Å². The number of rotatable bonds is 4. The molecule has 1 aromatic rings. The van der Waals surface area contributed by atoms with Crippen molar-refractivity contribution in [1.82, 2.24) is 4.72 Å². The highest BCUT2D eigenvalue weighted by molar-refractivity contribution is 7.89. The molecule has 7 heteroatoms. The Balaban J connectivity index is 2.35. The van der Waals surface area contributed by atoms with Crippen LogP contribution in [0.1, 0.15) is 12.8 Å². The van der Waals surface area contributed by atoms with Gasteiger partial charge in [0.05, 0.1) is 28.9 Å². The third-order valence-electron chi connectivity index (χ3n) is 3.48. The molecule has 19 heavy (non-hydrogen) atoms. The fraction of sp³-hybridized carbons (Fsp3) is 0.500. The number of nitrogens with zero attached hydrogens (tertiary/aromatic N) is 1. The Morgan fingerprint density at radius 2 is 2.26 bits per heavy atom. The molecule has 1 aliphatic heterocycles. The first-order valence-electron chi connectivity index (χ1n) is 6.20. The summed E-state index contributed by atoms with van der Waals surface area (Å²) in [6, 6.07) is 4.75. The van der Waals surface area contributed by atoms with Crippen LogP contribution in [0.25, 0.3) is 0 Å². The lowest BCUT2D eigenvalue weighted by Gasteiger charge is -2.26. The van der Waals surface area contributed by atoms with Crippen molar-refractivity contribution < 1.29 is 13.5 Å². The van der Waals surface area contributed by atoms with Gasteiger partial charge in [-0.2, -0.15) is 0 Å². The van der Waals surface area contributed by atoms with Gasteiger partial charge in [0.25, 0.3) is 0 Å². The molecule has 0 bridgehead atoms. The van der Waals surface area contributed by atoms with Crippen molar-refractivity contribution in [3.63, 3.8) is 0 Å². The summed E-state index contributed by atoms with van der Waals surface area (Å²) in [7, 11) is -2.12. The largest absolute Gasteiger partial charge is 0.397 e. The van der Waals surface area contributed by atoms with Crippen LogP contribution in [0.5, 0.6) is 0 Å². The molecular weight excluding hydrogens is 266 g/mol. The fourth-order valence-electron chi connectivity index (χ4n) is 2.42. The Hall–Kier alpha value is -1.31. The summed E-state index contributed by atoms with van der Waals surface area (Å²) in [4.78, 5) is 2.18. The van der Waals surface area contributed by atoms with Gasteiger partial charge in [0.1, 0.15) is 0 Å². The quantitative estimate of drug-likeness (QED) is 0.684. The normalized spacial score (nSPS) is 19.9. The molecule has 2 rings (SSSR count). The molecule has 0 amide bonds. The van der Waals surface area contributed by atoms with E-state index in [2.05, 4.69) is 4.72 Å². The van der Waals surface area contributed by atoms with Crippen molar-refractivity contribution in [1.29, 1.82) is 0 Å². The third kappa shape index (κ3) is 2.68. The van der Waals surface area contributed by atoms with E-state index in [1.54, 1.807) is 6.07 Å². The monoisotopic (exact) mass is 285 g/mol. The Bertz CT molecular complexity index is 559. The summed E-state index contributed by atoms with van der Waals surface area (Å²) < 4.78 is 25.6. The van der Waals surface area contributed by atoms with Crippen LogP contribution in [0.4, 0.5) is 11.4 Å². The van der Waals surface area contributed by atoms with E-state index in [9.17, 15) is 13.5 Å². The Morgan fingerprint density at radius 3 is 2.84 bits per heavy atom. The molecule has 1 aliphatic rings. The standard InChI is InChI=1S/C12H19N3O3S/c1-14-19(17,18)10-4-5-12(11(13)7-10)15-6-2-3-9(15)8-16/h4-5,7,9,14,16H,2-3,6,8,13H2,1H3. The zero-order chi connectivity index (χ0) is 14.0. The predicted molar refractivity (Wildman–Crippen MR) is 74.6 cm³/mol. The van der Waals surface area contributed by atoms with Crippen molar-refractivity contribution in [2.45, 2.75) is 23.8 Å². The van der Waals surface area contributed by atoms with Crippen LogP contribution in [-0.2, 0) is 10.0 Å². The SMILES string of the molecule is CNS(=O)(=O)c1ccc(N2CCCC2CO)c(N)c1. The lowest BCUT2D eigenvalue weighted by atomic mass is 10.2. The average Bonchev–Trinajstić information content (AvgIpc) is 2.86. The van der Waals surface area contributed by atoms with Crippen LogP contribution in [0.15, 0.2) is 23.1 Å². The number of sulfonamides is 1. The van der Waals surface area contributed by atoms with Crippen molar-refractivity contribution in [3.05, 3.63) is 18.2 Å². The van der Waals surface area contributed by atoms with E-state index in [0.717, 1.165) is 25.1 Å². The van der Waals surface area contributed by atoms with Gasteiger partial charge < -0.3 is 15.7 Å². The lowest BCUT2D eigenvalue weighted by molar-refractivity contribution is 0.266. The van der Waals surface area contributed by atoms with Crippen LogP contribution in [0.2, 0.25) is 0 Å². The molecule has 106 valence electrons. The van der Waals surface area contributed by atoms with Gasteiger partial charge >= 0.3 is 0 Å².